The van der Waals surface area contributed by atoms with Gasteiger partial charge in [0, 0.05) is 10.6 Å². The van der Waals surface area contributed by atoms with Gasteiger partial charge < -0.3 is 5.32 Å². The van der Waals surface area contributed by atoms with E-state index in [1.54, 1.807) is 25.1 Å². The van der Waals surface area contributed by atoms with E-state index >= 15 is 0 Å². The molecule has 25 heavy (non-hydrogen) atoms. The number of para-hydroxylation sites is 1. The highest BCUT2D eigenvalue weighted by molar-refractivity contribution is 7.22. The Bertz CT molecular complexity index is 908. The van der Waals surface area contributed by atoms with E-state index in [2.05, 4.69) is 20.8 Å². The zero-order valence-corrected chi connectivity index (χ0v) is 15.5. The molecule has 1 heterocycles. The molecule has 0 fully saturated rings. The van der Waals surface area contributed by atoms with Crippen molar-refractivity contribution in [1.82, 2.24) is 10.4 Å². The second-order valence-electron chi connectivity index (χ2n) is 5.25. The van der Waals surface area contributed by atoms with Crippen molar-refractivity contribution < 1.29 is 4.79 Å². The zero-order chi connectivity index (χ0) is 17.8. The lowest BCUT2D eigenvalue weighted by atomic mass is 10.2. The van der Waals surface area contributed by atoms with Crippen LogP contribution in [0.15, 0.2) is 47.6 Å². The van der Waals surface area contributed by atoms with Gasteiger partial charge >= 0.3 is 0 Å². The molecule has 3 rings (SSSR count). The number of halogens is 2. The van der Waals surface area contributed by atoms with Crippen molar-refractivity contribution in [1.29, 1.82) is 0 Å². The van der Waals surface area contributed by atoms with Gasteiger partial charge in [0.05, 0.1) is 21.5 Å². The van der Waals surface area contributed by atoms with E-state index in [1.807, 2.05) is 24.3 Å². The Labute approximate surface area is 158 Å². The Morgan fingerprint density at radius 2 is 2.08 bits per heavy atom. The quantitative estimate of drug-likeness (QED) is 0.494. The van der Waals surface area contributed by atoms with Crippen LogP contribution in [0.1, 0.15) is 12.5 Å². The Balaban J connectivity index is 1.59. The summed E-state index contributed by atoms with van der Waals surface area (Å²) < 4.78 is 1.06. The molecule has 1 aromatic heterocycles. The summed E-state index contributed by atoms with van der Waals surface area (Å²) in [6.45, 7) is 1.74. The van der Waals surface area contributed by atoms with Crippen molar-refractivity contribution in [2.45, 2.75) is 13.0 Å². The fourth-order valence-electron chi connectivity index (χ4n) is 2.05. The van der Waals surface area contributed by atoms with E-state index in [0.29, 0.717) is 20.7 Å². The molecular formula is C17H14Cl2N4OS. The Morgan fingerprint density at radius 3 is 2.84 bits per heavy atom. The number of amides is 1. The molecule has 0 aliphatic carbocycles. The summed E-state index contributed by atoms with van der Waals surface area (Å²) >= 11 is 13.4. The highest BCUT2D eigenvalue weighted by atomic mass is 35.5. The molecule has 3 aromatic rings. The maximum absolute atomic E-state index is 12.1. The van der Waals surface area contributed by atoms with Gasteiger partial charge in [-0.3, -0.25) is 4.79 Å². The summed E-state index contributed by atoms with van der Waals surface area (Å²) in [4.78, 5) is 16.6. The first-order valence-electron chi connectivity index (χ1n) is 7.43. The number of nitrogens with one attached hydrogen (secondary N) is 2. The average Bonchev–Trinajstić information content (AvgIpc) is 2.98. The van der Waals surface area contributed by atoms with E-state index in [-0.39, 0.29) is 5.91 Å². The van der Waals surface area contributed by atoms with Gasteiger partial charge in [-0.25, -0.2) is 10.4 Å². The Kier molecular flexibility index (Phi) is 5.53. The first-order chi connectivity index (χ1) is 12.0. The number of hydrogen-bond donors (Lipinski definition) is 2. The second kappa shape index (κ2) is 7.82. The van der Waals surface area contributed by atoms with Crippen LogP contribution in [0.2, 0.25) is 10.0 Å². The number of carbonyl (C=O) groups excluding carboxylic acids is 1. The molecule has 2 N–H and O–H groups in total. The summed E-state index contributed by atoms with van der Waals surface area (Å²) in [6.07, 6.45) is 1.47. The van der Waals surface area contributed by atoms with Crippen molar-refractivity contribution in [3.05, 3.63) is 58.1 Å². The molecule has 8 heteroatoms. The van der Waals surface area contributed by atoms with E-state index in [0.717, 1.165) is 10.2 Å². The van der Waals surface area contributed by atoms with Gasteiger partial charge in [0.15, 0.2) is 5.13 Å². The number of anilines is 1. The van der Waals surface area contributed by atoms with E-state index in [9.17, 15) is 4.79 Å². The van der Waals surface area contributed by atoms with Crippen LogP contribution in [-0.2, 0) is 4.79 Å². The zero-order valence-electron chi connectivity index (χ0n) is 13.2. The molecule has 0 aliphatic heterocycles. The molecular weight excluding hydrogens is 379 g/mol. The highest BCUT2D eigenvalue weighted by Crippen LogP contribution is 2.25. The van der Waals surface area contributed by atoms with Gasteiger partial charge in [-0.1, -0.05) is 52.7 Å². The van der Waals surface area contributed by atoms with Crippen LogP contribution < -0.4 is 10.7 Å². The number of thiazole rings is 1. The summed E-state index contributed by atoms with van der Waals surface area (Å²) in [5, 5.41) is 8.70. The van der Waals surface area contributed by atoms with Crippen LogP contribution in [0.4, 0.5) is 5.13 Å². The largest absolute Gasteiger partial charge is 0.350 e. The lowest BCUT2D eigenvalue weighted by molar-refractivity contribution is -0.121. The second-order valence-corrected chi connectivity index (χ2v) is 7.13. The van der Waals surface area contributed by atoms with Gasteiger partial charge in [-0.2, -0.15) is 5.10 Å². The number of rotatable bonds is 5. The SMILES string of the molecule is C[C@@H](Nc1nc2ccccc2s1)C(=O)N/N=C\c1ccc(Cl)cc1Cl. The molecule has 0 radical (unpaired) electrons. The first-order valence-corrected chi connectivity index (χ1v) is 9.00. The lowest BCUT2D eigenvalue weighted by Crippen LogP contribution is -2.34. The molecule has 0 aliphatic rings. The number of nitrogens with zero attached hydrogens (tertiary/aromatic N) is 2. The summed E-state index contributed by atoms with van der Waals surface area (Å²) in [7, 11) is 0. The molecule has 0 saturated carbocycles. The van der Waals surface area contributed by atoms with Crippen LogP contribution in [0.25, 0.3) is 10.2 Å². The topological polar surface area (TPSA) is 66.4 Å². The van der Waals surface area contributed by atoms with Crippen LogP contribution in [-0.4, -0.2) is 23.1 Å². The molecule has 128 valence electrons. The van der Waals surface area contributed by atoms with Crippen LogP contribution in [0, 0.1) is 0 Å². The monoisotopic (exact) mass is 392 g/mol. The molecule has 0 unspecified atom stereocenters. The van der Waals surface area contributed by atoms with Crippen molar-refractivity contribution in [3.8, 4) is 0 Å². The Morgan fingerprint density at radius 1 is 1.28 bits per heavy atom. The third-order valence-electron chi connectivity index (χ3n) is 3.37. The molecule has 1 atom stereocenters. The number of hydrazone groups is 1. The Hall–Kier alpha value is -2.15. The number of carbonyl (C=O) groups is 1. The van der Waals surface area contributed by atoms with Crippen LogP contribution in [0.3, 0.4) is 0 Å². The fourth-order valence-corrected chi connectivity index (χ4v) is 3.46. The van der Waals surface area contributed by atoms with Gasteiger partial charge in [0.2, 0.25) is 0 Å². The number of benzene rings is 2. The summed E-state index contributed by atoms with van der Waals surface area (Å²) in [6, 6.07) is 12.4. The lowest BCUT2D eigenvalue weighted by Gasteiger charge is -2.10. The fraction of sp³-hybridized carbons (Fsp3) is 0.118. The summed E-state index contributed by atoms with van der Waals surface area (Å²) in [5.74, 6) is -0.277. The van der Waals surface area contributed by atoms with E-state index < -0.39 is 6.04 Å². The number of hydrogen-bond acceptors (Lipinski definition) is 5. The van der Waals surface area contributed by atoms with E-state index in [4.69, 9.17) is 23.2 Å². The standard InChI is InChI=1S/C17H14Cl2N4OS/c1-10(21-17-22-14-4-2-3-5-15(14)25-17)16(24)23-20-9-11-6-7-12(18)8-13(11)19/h2-10H,1H3,(H,21,22)(H,23,24)/b20-9-/t10-/m1/s1. The molecule has 2 aromatic carbocycles. The van der Waals surface area contributed by atoms with E-state index in [1.165, 1.54) is 17.6 Å². The van der Waals surface area contributed by atoms with Gasteiger partial charge in [-0.05, 0) is 31.2 Å². The first kappa shape index (κ1) is 17.7. The molecule has 5 nitrogen and oxygen atoms in total. The van der Waals surface area contributed by atoms with Crippen LogP contribution in [0.5, 0.6) is 0 Å². The smallest absolute Gasteiger partial charge is 0.262 e. The minimum Gasteiger partial charge on any atom is -0.350 e. The van der Waals surface area contributed by atoms with Crippen molar-refractivity contribution in [3.63, 3.8) is 0 Å². The minimum absolute atomic E-state index is 0.277. The number of aromatic nitrogens is 1. The third kappa shape index (κ3) is 4.48. The minimum atomic E-state index is -0.488. The molecule has 1 amide bonds. The van der Waals surface area contributed by atoms with Gasteiger partial charge in [-0.15, -0.1) is 0 Å². The van der Waals surface area contributed by atoms with Crippen molar-refractivity contribution >= 4 is 62.0 Å². The van der Waals surface area contributed by atoms with Crippen LogP contribution >= 0.6 is 34.5 Å². The molecule has 0 saturated heterocycles. The maximum atomic E-state index is 12.1. The van der Waals surface area contributed by atoms with Gasteiger partial charge in [0.25, 0.3) is 5.91 Å². The highest BCUT2D eigenvalue weighted by Gasteiger charge is 2.14. The van der Waals surface area contributed by atoms with Crippen molar-refractivity contribution in [2.24, 2.45) is 5.10 Å². The predicted molar refractivity (Wildman–Crippen MR) is 105 cm³/mol. The van der Waals surface area contributed by atoms with Crippen molar-refractivity contribution in [2.75, 3.05) is 5.32 Å². The molecule has 0 spiro atoms. The maximum Gasteiger partial charge on any atom is 0.262 e. The normalized spacial score (nSPS) is 12.4. The number of fused-ring (bicyclic) bond motifs is 1. The average molecular weight is 393 g/mol. The van der Waals surface area contributed by atoms with Gasteiger partial charge in [0.1, 0.15) is 6.04 Å². The third-order valence-corrected chi connectivity index (χ3v) is 4.90. The molecule has 0 bridgehead atoms. The predicted octanol–water partition coefficient (Wildman–Crippen LogP) is 4.55. The summed E-state index contributed by atoms with van der Waals surface area (Å²) in [5.41, 5.74) is 4.05.